The Morgan fingerprint density at radius 3 is 1.00 bits per heavy atom. The molecule has 0 spiro atoms. The molecular weight excluding hydrogens is 801 g/mol. The number of amides is 2. The normalized spacial score (nSPS) is 15.8. The molecule has 0 aliphatic carbocycles. The number of hydrogen-bond acceptors (Lipinski definition) is 16. The lowest BCUT2D eigenvalue weighted by molar-refractivity contribution is -0.147. The number of hydrogen-bond donors (Lipinski definition) is 2. The monoisotopic (exact) mass is 868 g/mol. The van der Waals surface area contributed by atoms with Gasteiger partial charge in [-0.05, 0) is 23.7 Å². The highest BCUT2D eigenvalue weighted by atomic mass is 33.1. The molecule has 56 heavy (non-hydrogen) atoms. The topological polar surface area (TPSA) is 170 Å². The third-order valence-corrected chi connectivity index (χ3v) is 12.5. The number of ether oxygens (including phenoxy) is 4. The number of nitrogens with zero attached hydrogens (tertiary/aromatic N) is 2. The van der Waals surface area contributed by atoms with Crippen LogP contribution in [-0.2, 0) is 47.7 Å². The fourth-order valence-corrected chi connectivity index (χ4v) is 8.97. The van der Waals surface area contributed by atoms with Gasteiger partial charge in [-0.15, -0.1) is 0 Å². The van der Waals surface area contributed by atoms with Crippen LogP contribution in [0.5, 0.6) is 0 Å². The van der Waals surface area contributed by atoms with Crippen LogP contribution >= 0.6 is 43.2 Å². The summed E-state index contributed by atoms with van der Waals surface area (Å²) in [5.74, 6) is 1.65. The molecule has 1 heterocycles. The Hall–Kier alpha value is -1.86. The maximum Gasteiger partial charge on any atom is 0.307 e. The zero-order valence-electron chi connectivity index (χ0n) is 34.8. The smallest absolute Gasteiger partial charge is 0.307 e. The average molecular weight is 869 g/mol. The maximum absolute atomic E-state index is 12.9. The van der Waals surface area contributed by atoms with Crippen molar-refractivity contribution in [2.24, 2.45) is 23.7 Å². The molecule has 0 aromatic heterocycles. The molecule has 2 atom stereocenters. The quantitative estimate of drug-likeness (QED) is 0.0413. The van der Waals surface area contributed by atoms with Gasteiger partial charge in [-0.1, -0.05) is 98.6 Å². The molecule has 2 N–H and O–H groups in total. The van der Waals surface area contributed by atoms with E-state index in [1.807, 2.05) is 65.2 Å². The number of rotatable bonds is 32. The molecule has 2 amide bonds. The van der Waals surface area contributed by atoms with E-state index in [1.165, 1.54) is 21.6 Å². The minimum absolute atomic E-state index is 0.226. The SMILES string of the molecule is CC(C)COC(=O)CCN(CCSSCC1NC(=O)C(CSSCCN(CCC(=O)OCC(C)C)CCC(=O)OCC(C)C)NC1=O)CCC(=O)OCC(C)C. The van der Waals surface area contributed by atoms with Gasteiger partial charge in [-0.3, -0.25) is 28.8 Å². The van der Waals surface area contributed by atoms with Gasteiger partial charge in [0.15, 0.2) is 0 Å². The van der Waals surface area contributed by atoms with Gasteiger partial charge in [0.05, 0.1) is 52.1 Å². The van der Waals surface area contributed by atoms with Gasteiger partial charge in [0.2, 0.25) is 11.8 Å². The lowest BCUT2D eigenvalue weighted by Gasteiger charge is -2.29. The largest absolute Gasteiger partial charge is 0.465 e. The fraction of sp³-hybridized carbons (Fsp3) is 0.842. The second-order valence-electron chi connectivity index (χ2n) is 15.3. The summed E-state index contributed by atoms with van der Waals surface area (Å²) in [7, 11) is 6.10. The van der Waals surface area contributed by atoms with E-state index in [0.29, 0.717) is 88.7 Å². The summed E-state index contributed by atoms with van der Waals surface area (Å²) in [4.78, 5) is 78.6. The second kappa shape index (κ2) is 31.1. The molecule has 0 aromatic rings. The maximum atomic E-state index is 12.9. The van der Waals surface area contributed by atoms with Crippen LogP contribution in [-0.4, -0.2) is 146 Å². The molecule has 0 saturated carbocycles. The summed E-state index contributed by atoms with van der Waals surface area (Å²) in [6.45, 7) is 20.4. The molecule has 0 bridgehead atoms. The predicted octanol–water partition coefficient (Wildman–Crippen LogP) is 4.69. The second-order valence-corrected chi connectivity index (χ2v) is 20.6. The Morgan fingerprint density at radius 1 is 0.482 bits per heavy atom. The molecule has 1 rings (SSSR count). The Labute approximate surface area is 351 Å². The highest BCUT2D eigenvalue weighted by Gasteiger charge is 2.33. The molecule has 14 nitrogen and oxygen atoms in total. The van der Waals surface area contributed by atoms with Gasteiger partial charge < -0.3 is 39.4 Å². The fourth-order valence-electron chi connectivity index (χ4n) is 4.59. The summed E-state index contributed by atoms with van der Waals surface area (Å²) in [5.41, 5.74) is 0. The molecule has 0 radical (unpaired) electrons. The van der Waals surface area contributed by atoms with Crippen LogP contribution in [0, 0.1) is 23.7 Å². The summed E-state index contributed by atoms with van der Waals surface area (Å²) >= 11 is 0. The first-order chi connectivity index (χ1) is 26.5. The number of nitrogens with one attached hydrogen (secondary N) is 2. The summed E-state index contributed by atoms with van der Waals surface area (Å²) in [6, 6.07) is -1.30. The van der Waals surface area contributed by atoms with Gasteiger partial charge in [0.25, 0.3) is 0 Å². The average Bonchev–Trinajstić information content (AvgIpc) is 3.13. The Morgan fingerprint density at radius 2 is 0.750 bits per heavy atom. The van der Waals surface area contributed by atoms with Crippen molar-refractivity contribution in [3.63, 3.8) is 0 Å². The number of carbonyl (C=O) groups excluding carboxylic acids is 6. The van der Waals surface area contributed by atoms with Gasteiger partial charge >= 0.3 is 23.9 Å². The van der Waals surface area contributed by atoms with E-state index in [2.05, 4.69) is 10.6 Å². The van der Waals surface area contributed by atoms with E-state index in [4.69, 9.17) is 18.9 Å². The minimum atomic E-state index is -0.649. The zero-order chi connectivity index (χ0) is 41.9. The van der Waals surface area contributed by atoms with Crippen molar-refractivity contribution >= 4 is 78.9 Å². The van der Waals surface area contributed by atoms with Crippen molar-refractivity contribution in [1.82, 2.24) is 20.4 Å². The van der Waals surface area contributed by atoms with E-state index in [0.717, 1.165) is 0 Å². The van der Waals surface area contributed by atoms with Gasteiger partial charge in [-0.25, -0.2) is 0 Å². The molecule has 1 saturated heterocycles. The van der Waals surface area contributed by atoms with Crippen LogP contribution in [0.2, 0.25) is 0 Å². The van der Waals surface area contributed by atoms with E-state index in [-0.39, 0.29) is 85.0 Å². The van der Waals surface area contributed by atoms with Crippen LogP contribution in [0.1, 0.15) is 81.1 Å². The number of esters is 4. The highest BCUT2D eigenvalue weighted by Crippen LogP contribution is 2.25. The summed E-state index contributed by atoms with van der Waals surface area (Å²) in [6.07, 6.45) is 0.903. The third-order valence-electron chi connectivity index (χ3n) is 7.72. The Kier molecular flexibility index (Phi) is 29.0. The third kappa shape index (κ3) is 27.7. The first-order valence-corrected chi connectivity index (χ1v) is 24.7. The van der Waals surface area contributed by atoms with Gasteiger partial charge in [0, 0.05) is 62.3 Å². The minimum Gasteiger partial charge on any atom is -0.465 e. The van der Waals surface area contributed by atoms with E-state index < -0.39 is 12.1 Å². The van der Waals surface area contributed by atoms with Crippen LogP contribution < -0.4 is 10.6 Å². The lowest BCUT2D eigenvalue weighted by Crippen LogP contribution is -2.63. The van der Waals surface area contributed by atoms with Crippen LogP contribution in [0.15, 0.2) is 0 Å². The number of carbonyl (C=O) groups is 6. The van der Waals surface area contributed by atoms with E-state index in [9.17, 15) is 28.8 Å². The summed E-state index contributed by atoms with van der Waals surface area (Å²) in [5, 5.41) is 5.70. The van der Waals surface area contributed by atoms with Crippen LogP contribution in [0.4, 0.5) is 0 Å². The first-order valence-electron chi connectivity index (χ1n) is 19.7. The van der Waals surface area contributed by atoms with Crippen molar-refractivity contribution < 1.29 is 47.7 Å². The van der Waals surface area contributed by atoms with Crippen molar-refractivity contribution in [2.75, 3.05) is 88.7 Å². The number of piperazine rings is 1. The first kappa shape index (κ1) is 52.2. The van der Waals surface area contributed by atoms with Crippen molar-refractivity contribution in [3.8, 4) is 0 Å². The lowest BCUT2D eigenvalue weighted by atomic mass is 10.2. The van der Waals surface area contributed by atoms with E-state index in [1.54, 1.807) is 21.6 Å². The highest BCUT2D eigenvalue weighted by molar-refractivity contribution is 8.77. The Balaban J connectivity index is 2.47. The molecule has 1 fully saturated rings. The zero-order valence-corrected chi connectivity index (χ0v) is 38.1. The van der Waals surface area contributed by atoms with Crippen molar-refractivity contribution in [1.29, 1.82) is 0 Å². The van der Waals surface area contributed by atoms with E-state index >= 15 is 0 Å². The molecular formula is C38H68N4O10S4. The standard InChI is InChI=1S/C38H68N4O10S4/c1-27(2)21-49-33(43)9-13-41(14-10-34(44)50-22-28(3)4)17-19-53-55-25-31-37(47)40-32(38(48)39-31)26-56-54-20-18-42(15-11-35(45)51-23-29(5)6)16-12-36(46)52-24-30(7)8/h27-32H,9-26H2,1-8H3,(H,39,48)(H,40,47). The van der Waals surface area contributed by atoms with Crippen LogP contribution in [0.3, 0.4) is 0 Å². The van der Waals surface area contributed by atoms with Crippen molar-refractivity contribution in [2.45, 2.75) is 93.2 Å². The van der Waals surface area contributed by atoms with Crippen molar-refractivity contribution in [3.05, 3.63) is 0 Å². The molecule has 0 aromatic carbocycles. The molecule has 1 aliphatic rings. The molecule has 324 valence electrons. The Bertz CT molecular complexity index is 1040. The predicted molar refractivity (Wildman–Crippen MR) is 228 cm³/mol. The van der Waals surface area contributed by atoms with Gasteiger partial charge in [-0.2, -0.15) is 0 Å². The summed E-state index contributed by atoms with van der Waals surface area (Å²) < 4.78 is 21.2. The molecule has 18 heteroatoms. The molecule has 2 unspecified atom stereocenters. The van der Waals surface area contributed by atoms with Gasteiger partial charge in [0.1, 0.15) is 12.1 Å². The van der Waals surface area contributed by atoms with Crippen LogP contribution in [0.25, 0.3) is 0 Å². The molecule has 1 aliphatic heterocycles.